The number of rotatable bonds is 9. The summed E-state index contributed by atoms with van der Waals surface area (Å²) in [6, 6.07) is 0. The largest absolute Gasteiger partial charge is 0.487 e. The van der Waals surface area contributed by atoms with Crippen LogP contribution in [0.25, 0.3) is 0 Å². The van der Waals surface area contributed by atoms with E-state index in [0.717, 1.165) is 30.9 Å². The highest BCUT2D eigenvalue weighted by atomic mass is 32.1. The van der Waals surface area contributed by atoms with E-state index in [4.69, 9.17) is 17.0 Å². The Morgan fingerprint density at radius 1 is 0.929 bits per heavy atom. The van der Waals surface area contributed by atoms with Gasteiger partial charge in [0.05, 0.1) is 6.61 Å². The fourth-order valence-corrected chi connectivity index (χ4v) is 1.51. The van der Waals surface area contributed by atoms with Gasteiger partial charge in [0.15, 0.2) is 5.05 Å². The molecule has 0 aromatic rings. The molecule has 2 heteroatoms. The predicted molar refractivity (Wildman–Crippen MR) is 66.8 cm³/mol. The molecule has 0 radical (unpaired) electrons. The summed E-state index contributed by atoms with van der Waals surface area (Å²) in [6.45, 7) is 5.23. The van der Waals surface area contributed by atoms with E-state index in [0.29, 0.717) is 0 Å². The van der Waals surface area contributed by atoms with Crippen LogP contribution in [-0.4, -0.2) is 11.7 Å². The molecule has 0 aromatic carbocycles. The third-order valence-corrected chi connectivity index (χ3v) is 2.57. The molecule has 0 atom stereocenters. The fraction of sp³-hybridized carbons (Fsp3) is 0.917. The SMILES string of the molecule is CCCCCCCOC(=S)CCCC. The minimum atomic E-state index is 0.808. The number of unbranched alkanes of at least 4 members (excludes halogenated alkanes) is 5. The van der Waals surface area contributed by atoms with Gasteiger partial charge in [-0.25, -0.2) is 0 Å². The second kappa shape index (κ2) is 11.0. The van der Waals surface area contributed by atoms with Crippen LogP contribution in [-0.2, 0) is 4.74 Å². The molecule has 0 aliphatic carbocycles. The topological polar surface area (TPSA) is 9.23 Å². The van der Waals surface area contributed by atoms with Crippen LogP contribution >= 0.6 is 12.2 Å². The lowest BCUT2D eigenvalue weighted by Crippen LogP contribution is -2.03. The van der Waals surface area contributed by atoms with Crippen LogP contribution in [0.15, 0.2) is 0 Å². The van der Waals surface area contributed by atoms with Gasteiger partial charge < -0.3 is 4.74 Å². The lowest BCUT2D eigenvalue weighted by atomic mass is 10.2. The Hall–Kier alpha value is -0.110. The smallest absolute Gasteiger partial charge is 0.159 e. The van der Waals surface area contributed by atoms with Crippen molar-refractivity contribution < 1.29 is 4.74 Å². The first-order chi connectivity index (χ1) is 6.81. The highest BCUT2D eigenvalue weighted by Gasteiger charge is 1.96. The first kappa shape index (κ1) is 13.9. The maximum Gasteiger partial charge on any atom is 0.159 e. The van der Waals surface area contributed by atoms with Crippen LogP contribution < -0.4 is 0 Å². The van der Waals surface area contributed by atoms with Crippen molar-refractivity contribution in [2.45, 2.75) is 65.2 Å². The zero-order valence-corrected chi connectivity index (χ0v) is 10.5. The maximum absolute atomic E-state index is 5.46. The number of hydrogen-bond acceptors (Lipinski definition) is 2. The van der Waals surface area contributed by atoms with E-state index in [1.807, 2.05) is 0 Å². The fourth-order valence-electron chi connectivity index (χ4n) is 1.28. The highest BCUT2D eigenvalue weighted by molar-refractivity contribution is 7.80. The van der Waals surface area contributed by atoms with E-state index in [9.17, 15) is 0 Å². The van der Waals surface area contributed by atoms with Gasteiger partial charge in [-0.1, -0.05) is 46.0 Å². The van der Waals surface area contributed by atoms with Gasteiger partial charge in [-0.2, -0.15) is 0 Å². The second-order valence-corrected chi connectivity index (χ2v) is 4.19. The van der Waals surface area contributed by atoms with Crippen LogP contribution in [0.1, 0.15) is 65.2 Å². The van der Waals surface area contributed by atoms with Gasteiger partial charge in [-0.15, -0.1) is 0 Å². The first-order valence-corrected chi connectivity index (χ1v) is 6.37. The molecule has 0 N–H and O–H groups in total. The van der Waals surface area contributed by atoms with Crippen molar-refractivity contribution in [3.05, 3.63) is 0 Å². The molecule has 0 heterocycles. The standard InChI is InChI=1S/C12H24OS/c1-3-5-7-8-9-11-13-12(14)10-6-4-2/h3-11H2,1-2H3. The van der Waals surface area contributed by atoms with E-state index >= 15 is 0 Å². The molecule has 0 spiro atoms. The van der Waals surface area contributed by atoms with E-state index in [2.05, 4.69) is 13.8 Å². The van der Waals surface area contributed by atoms with Crippen molar-refractivity contribution in [1.29, 1.82) is 0 Å². The Labute approximate surface area is 94.2 Å². The Morgan fingerprint density at radius 2 is 1.57 bits per heavy atom. The lowest BCUT2D eigenvalue weighted by molar-refractivity contribution is 0.291. The summed E-state index contributed by atoms with van der Waals surface area (Å²) in [4.78, 5) is 0. The molecular weight excluding hydrogens is 192 g/mol. The van der Waals surface area contributed by atoms with Gasteiger partial charge in [0.25, 0.3) is 0 Å². The Kier molecular flexibility index (Phi) is 10.9. The average Bonchev–Trinajstić information content (AvgIpc) is 2.20. The summed E-state index contributed by atoms with van der Waals surface area (Å²) in [5.41, 5.74) is 0. The third-order valence-electron chi connectivity index (χ3n) is 2.25. The summed E-state index contributed by atoms with van der Waals surface area (Å²) >= 11 is 5.10. The van der Waals surface area contributed by atoms with Crippen molar-refractivity contribution in [1.82, 2.24) is 0 Å². The molecule has 14 heavy (non-hydrogen) atoms. The van der Waals surface area contributed by atoms with Gasteiger partial charge in [0.2, 0.25) is 0 Å². The van der Waals surface area contributed by atoms with Crippen LogP contribution in [0.4, 0.5) is 0 Å². The van der Waals surface area contributed by atoms with Gasteiger partial charge in [0, 0.05) is 6.42 Å². The molecule has 0 unspecified atom stereocenters. The minimum Gasteiger partial charge on any atom is -0.487 e. The van der Waals surface area contributed by atoms with Crippen molar-refractivity contribution >= 4 is 17.3 Å². The third kappa shape index (κ3) is 9.97. The molecule has 0 saturated heterocycles. The minimum absolute atomic E-state index is 0.808. The van der Waals surface area contributed by atoms with Gasteiger partial charge in [-0.3, -0.25) is 0 Å². The normalized spacial score (nSPS) is 10.1. The van der Waals surface area contributed by atoms with Crippen molar-refractivity contribution in [2.75, 3.05) is 6.61 Å². The quantitative estimate of drug-likeness (QED) is 0.415. The van der Waals surface area contributed by atoms with Crippen LogP contribution in [0.5, 0.6) is 0 Å². The molecule has 0 aromatic heterocycles. The highest BCUT2D eigenvalue weighted by Crippen LogP contribution is 2.04. The van der Waals surface area contributed by atoms with Crippen LogP contribution in [0.3, 0.4) is 0 Å². The van der Waals surface area contributed by atoms with E-state index in [1.54, 1.807) is 0 Å². The van der Waals surface area contributed by atoms with Crippen molar-refractivity contribution in [3.8, 4) is 0 Å². The molecule has 0 saturated carbocycles. The molecule has 0 fully saturated rings. The molecular formula is C12H24OS. The summed E-state index contributed by atoms with van der Waals surface area (Å²) in [7, 11) is 0. The van der Waals surface area contributed by atoms with Crippen LogP contribution in [0, 0.1) is 0 Å². The summed E-state index contributed by atoms with van der Waals surface area (Å²) in [5, 5.41) is 0.808. The predicted octanol–water partition coefficient (Wildman–Crippen LogP) is 4.49. The zero-order valence-electron chi connectivity index (χ0n) is 9.68. The summed E-state index contributed by atoms with van der Waals surface area (Å²) in [5.74, 6) is 0. The lowest BCUT2D eigenvalue weighted by Gasteiger charge is -2.06. The molecule has 0 bridgehead atoms. The van der Waals surface area contributed by atoms with Crippen molar-refractivity contribution in [2.24, 2.45) is 0 Å². The second-order valence-electron chi connectivity index (χ2n) is 3.74. The average molecular weight is 216 g/mol. The van der Waals surface area contributed by atoms with E-state index in [-0.39, 0.29) is 0 Å². The molecule has 1 nitrogen and oxygen atoms in total. The zero-order chi connectivity index (χ0) is 10.6. The number of hydrogen-bond donors (Lipinski definition) is 0. The number of ether oxygens (including phenoxy) is 1. The molecule has 84 valence electrons. The molecule has 0 aliphatic heterocycles. The molecule has 0 amide bonds. The number of thiocarbonyl (C=S) groups is 1. The summed E-state index contributed by atoms with van der Waals surface area (Å²) in [6.07, 6.45) is 9.74. The van der Waals surface area contributed by atoms with Gasteiger partial charge in [-0.05, 0) is 25.1 Å². The molecule has 0 rings (SSSR count). The van der Waals surface area contributed by atoms with E-state index in [1.165, 1.54) is 32.1 Å². The Morgan fingerprint density at radius 3 is 2.21 bits per heavy atom. The van der Waals surface area contributed by atoms with E-state index < -0.39 is 0 Å². The Balaban J connectivity index is 3.07. The van der Waals surface area contributed by atoms with Gasteiger partial charge in [0.1, 0.15) is 0 Å². The van der Waals surface area contributed by atoms with Gasteiger partial charge >= 0.3 is 0 Å². The maximum atomic E-state index is 5.46. The monoisotopic (exact) mass is 216 g/mol. The first-order valence-electron chi connectivity index (χ1n) is 5.96. The summed E-state index contributed by atoms with van der Waals surface area (Å²) < 4.78 is 5.46. The van der Waals surface area contributed by atoms with Crippen molar-refractivity contribution in [3.63, 3.8) is 0 Å². The van der Waals surface area contributed by atoms with Crippen LogP contribution in [0.2, 0.25) is 0 Å². The molecule has 0 aliphatic rings. The Bertz CT molecular complexity index is 134.